The lowest BCUT2D eigenvalue weighted by Gasteiger charge is -2.26. The molecule has 2 atom stereocenters. The van der Waals surface area contributed by atoms with E-state index in [9.17, 15) is 9.36 Å². The lowest BCUT2D eigenvalue weighted by Crippen LogP contribution is -2.34. The molecule has 0 aliphatic carbocycles. The Kier molecular flexibility index (Phi) is 3.44. The van der Waals surface area contributed by atoms with Crippen LogP contribution in [0.25, 0.3) is 0 Å². The Labute approximate surface area is 97.5 Å². The maximum atomic E-state index is 11.5. The van der Waals surface area contributed by atoms with Crippen LogP contribution in [0, 0.1) is 6.92 Å². The van der Waals surface area contributed by atoms with E-state index in [1.807, 2.05) is 0 Å². The molecule has 7 nitrogen and oxygen atoms in total. The zero-order valence-electron chi connectivity index (χ0n) is 9.28. The van der Waals surface area contributed by atoms with Crippen molar-refractivity contribution < 1.29 is 18.7 Å². The number of hydrogen-bond acceptors (Lipinski definition) is 5. The summed E-state index contributed by atoms with van der Waals surface area (Å²) in [5, 5.41) is 0. The smallest absolute Gasteiger partial charge is 0.353 e. The average molecular weight is 260 g/mol. The summed E-state index contributed by atoms with van der Waals surface area (Å²) in [5.74, 6) is 0. The third-order valence-corrected chi connectivity index (χ3v) is 3.38. The van der Waals surface area contributed by atoms with Crippen molar-refractivity contribution in [1.82, 2.24) is 9.55 Å². The molecule has 1 saturated heterocycles. The van der Waals surface area contributed by atoms with E-state index in [1.54, 1.807) is 19.2 Å². The molecule has 94 valence electrons. The van der Waals surface area contributed by atoms with Crippen LogP contribution in [-0.4, -0.2) is 33.5 Å². The zero-order valence-corrected chi connectivity index (χ0v) is 10.2. The van der Waals surface area contributed by atoms with Crippen LogP contribution in [-0.2, 0) is 20.4 Å². The molecule has 1 fully saturated rings. The Morgan fingerprint density at radius 1 is 1.71 bits per heavy atom. The SMILES string of the molecule is Cc1ccn(C[C@H]2COP(=O)(O)CO2)c(=O)n1. The van der Waals surface area contributed by atoms with E-state index >= 15 is 0 Å². The fraction of sp³-hybridized carbons (Fsp3) is 0.556. The summed E-state index contributed by atoms with van der Waals surface area (Å²) in [6.45, 7) is 1.98. The highest BCUT2D eigenvalue weighted by Gasteiger charge is 2.29. The van der Waals surface area contributed by atoms with Crippen molar-refractivity contribution in [2.75, 3.05) is 13.0 Å². The van der Waals surface area contributed by atoms with E-state index in [2.05, 4.69) is 4.98 Å². The molecule has 0 amide bonds. The molecule has 1 aliphatic heterocycles. The van der Waals surface area contributed by atoms with Crippen molar-refractivity contribution in [3.63, 3.8) is 0 Å². The first-order valence-corrected chi connectivity index (χ1v) is 6.85. The molecule has 0 saturated carbocycles. The maximum absolute atomic E-state index is 11.5. The highest BCUT2D eigenvalue weighted by molar-refractivity contribution is 7.52. The quantitative estimate of drug-likeness (QED) is 0.759. The van der Waals surface area contributed by atoms with Crippen LogP contribution >= 0.6 is 7.60 Å². The van der Waals surface area contributed by atoms with Gasteiger partial charge >= 0.3 is 13.3 Å². The summed E-state index contributed by atoms with van der Waals surface area (Å²) in [7, 11) is -3.57. The molecule has 17 heavy (non-hydrogen) atoms. The van der Waals surface area contributed by atoms with E-state index in [0.717, 1.165) is 0 Å². The minimum absolute atomic E-state index is 0.00586. The summed E-state index contributed by atoms with van der Waals surface area (Å²) in [4.78, 5) is 24.3. The van der Waals surface area contributed by atoms with Gasteiger partial charge in [-0.3, -0.25) is 9.13 Å². The van der Waals surface area contributed by atoms with Gasteiger partial charge in [-0.15, -0.1) is 0 Å². The highest BCUT2D eigenvalue weighted by Crippen LogP contribution is 2.44. The first-order valence-electron chi connectivity index (χ1n) is 5.08. The van der Waals surface area contributed by atoms with E-state index < -0.39 is 13.7 Å². The molecule has 1 aromatic heterocycles. The van der Waals surface area contributed by atoms with Crippen LogP contribution in [0.15, 0.2) is 17.1 Å². The van der Waals surface area contributed by atoms with Gasteiger partial charge in [-0.2, -0.15) is 4.98 Å². The third-order valence-electron chi connectivity index (χ3n) is 2.35. The number of hydrogen-bond donors (Lipinski definition) is 1. The molecule has 8 heteroatoms. The van der Waals surface area contributed by atoms with Crippen LogP contribution in [0.1, 0.15) is 5.69 Å². The van der Waals surface area contributed by atoms with E-state index in [4.69, 9.17) is 14.2 Å². The van der Waals surface area contributed by atoms with Crippen molar-refractivity contribution in [3.05, 3.63) is 28.4 Å². The van der Waals surface area contributed by atoms with Gasteiger partial charge in [-0.05, 0) is 13.0 Å². The van der Waals surface area contributed by atoms with Crippen molar-refractivity contribution in [1.29, 1.82) is 0 Å². The Hall–Kier alpha value is -1.01. The van der Waals surface area contributed by atoms with Crippen molar-refractivity contribution in [2.45, 2.75) is 19.6 Å². The van der Waals surface area contributed by atoms with Crippen LogP contribution in [0.5, 0.6) is 0 Å². The predicted molar refractivity (Wildman–Crippen MR) is 58.8 cm³/mol. The number of rotatable bonds is 2. The van der Waals surface area contributed by atoms with Gasteiger partial charge in [0, 0.05) is 11.9 Å². The van der Waals surface area contributed by atoms with Gasteiger partial charge in [0.15, 0.2) is 0 Å². The van der Waals surface area contributed by atoms with Crippen LogP contribution in [0.3, 0.4) is 0 Å². The lowest BCUT2D eigenvalue weighted by molar-refractivity contribution is -0.00861. The number of nitrogens with zero attached hydrogens (tertiary/aromatic N) is 2. The standard InChI is InChI=1S/C9H13N2O5P/c1-7-2-3-11(9(12)10-7)4-8-5-16-17(13,14)6-15-8/h2-3,8H,4-6H2,1H3,(H,13,14)/t8-/m0/s1. The Morgan fingerprint density at radius 3 is 3.06 bits per heavy atom. The summed E-state index contributed by atoms with van der Waals surface area (Å²) >= 11 is 0. The first-order chi connectivity index (χ1) is 7.96. The Bertz CT molecular complexity index is 502. The lowest BCUT2D eigenvalue weighted by atomic mass is 10.3. The molecule has 1 aromatic rings. The topological polar surface area (TPSA) is 90.6 Å². The molecule has 2 heterocycles. The second kappa shape index (κ2) is 4.70. The summed E-state index contributed by atoms with van der Waals surface area (Å²) in [6, 6.07) is 1.71. The van der Waals surface area contributed by atoms with Gasteiger partial charge in [-0.25, -0.2) is 4.79 Å². The predicted octanol–water partition coefficient (Wildman–Crippen LogP) is 0.110. The molecular weight excluding hydrogens is 247 g/mol. The molecule has 0 aromatic carbocycles. The normalized spacial score (nSPS) is 29.2. The van der Waals surface area contributed by atoms with Crippen molar-refractivity contribution in [2.24, 2.45) is 0 Å². The van der Waals surface area contributed by atoms with E-state index in [-0.39, 0.29) is 25.2 Å². The fourth-order valence-electron chi connectivity index (χ4n) is 1.46. The van der Waals surface area contributed by atoms with Crippen LogP contribution in [0.4, 0.5) is 0 Å². The maximum Gasteiger partial charge on any atom is 0.353 e. The second-order valence-corrected chi connectivity index (χ2v) is 5.65. The van der Waals surface area contributed by atoms with E-state index in [0.29, 0.717) is 5.69 Å². The molecule has 1 N–H and O–H groups in total. The minimum atomic E-state index is -3.57. The van der Waals surface area contributed by atoms with Gasteiger partial charge in [0.2, 0.25) is 0 Å². The fourth-order valence-corrected chi connectivity index (χ4v) is 2.34. The van der Waals surface area contributed by atoms with Crippen molar-refractivity contribution >= 4 is 7.60 Å². The van der Waals surface area contributed by atoms with Gasteiger partial charge in [0.25, 0.3) is 0 Å². The first kappa shape index (κ1) is 12.4. The van der Waals surface area contributed by atoms with Crippen molar-refractivity contribution in [3.8, 4) is 0 Å². The van der Waals surface area contributed by atoms with E-state index in [1.165, 1.54) is 4.57 Å². The van der Waals surface area contributed by atoms with Crippen LogP contribution < -0.4 is 5.69 Å². The Balaban J connectivity index is 2.03. The molecule has 0 radical (unpaired) electrons. The zero-order chi connectivity index (χ0) is 12.5. The largest absolute Gasteiger partial charge is 0.361 e. The third kappa shape index (κ3) is 3.23. The molecular formula is C9H13N2O5P. The molecule has 0 spiro atoms. The van der Waals surface area contributed by atoms with Crippen LogP contribution in [0.2, 0.25) is 0 Å². The number of ether oxygens (including phenoxy) is 1. The van der Waals surface area contributed by atoms with Gasteiger partial charge < -0.3 is 14.2 Å². The molecule has 0 bridgehead atoms. The minimum Gasteiger partial charge on any atom is -0.361 e. The molecule has 1 unspecified atom stereocenters. The van der Waals surface area contributed by atoms with Gasteiger partial charge in [-0.1, -0.05) is 0 Å². The molecule has 1 aliphatic rings. The summed E-state index contributed by atoms with van der Waals surface area (Å²) < 4.78 is 22.4. The van der Waals surface area contributed by atoms with Gasteiger partial charge in [0.1, 0.15) is 12.5 Å². The summed E-state index contributed by atoms with van der Waals surface area (Å²) in [5.41, 5.74) is 0.276. The molecule has 2 rings (SSSR count). The summed E-state index contributed by atoms with van der Waals surface area (Å²) in [6.07, 6.45) is 0.860. The monoisotopic (exact) mass is 260 g/mol. The van der Waals surface area contributed by atoms with Gasteiger partial charge in [0.05, 0.1) is 13.2 Å². The average Bonchev–Trinajstić information content (AvgIpc) is 2.25. The number of aryl methyl sites for hydroxylation is 1. The highest BCUT2D eigenvalue weighted by atomic mass is 31.2. The Morgan fingerprint density at radius 2 is 2.47 bits per heavy atom. The number of aromatic nitrogens is 2. The second-order valence-electron chi connectivity index (χ2n) is 3.85.